The number of fused-ring (bicyclic) bond motifs is 1. The van der Waals surface area contributed by atoms with Gasteiger partial charge < -0.3 is 10.4 Å². The molecule has 2 N–H and O–H groups in total. The van der Waals surface area contributed by atoms with Gasteiger partial charge in [0.05, 0.1) is 16.3 Å². The van der Waals surface area contributed by atoms with Gasteiger partial charge in [-0.1, -0.05) is 13.8 Å². The maximum absolute atomic E-state index is 9.46. The van der Waals surface area contributed by atoms with Crippen LogP contribution in [0.25, 0.3) is 10.2 Å². The lowest BCUT2D eigenvalue weighted by Gasteiger charge is -2.26. The summed E-state index contributed by atoms with van der Waals surface area (Å²) in [5.74, 6) is 0. The molecule has 0 saturated heterocycles. The van der Waals surface area contributed by atoms with Crippen molar-refractivity contribution >= 4 is 21.6 Å². The highest BCUT2D eigenvalue weighted by molar-refractivity contribution is 7.17. The number of aliphatic hydroxyl groups excluding tert-OH is 1. The summed E-state index contributed by atoms with van der Waals surface area (Å²) in [5.41, 5.74) is 2.39. The number of nitrogens with zero attached hydrogens (tertiary/aromatic N) is 1. The molecule has 2 rings (SSSR count). The molecule has 0 aliphatic rings. The number of rotatable bonds is 6. The summed E-state index contributed by atoms with van der Waals surface area (Å²) in [5, 5.41) is 15.0. The Morgan fingerprint density at radius 2 is 2.26 bits per heavy atom. The van der Waals surface area contributed by atoms with Crippen LogP contribution in [-0.2, 0) is 6.54 Å². The highest BCUT2D eigenvalue weighted by atomic mass is 32.1. The third-order valence-corrected chi connectivity index (χ3v) is 3.99. The van der Waals surface area contributed by atoms with E-state index in [9.17, 15) is 5.11 Å². The molecule has 0 aliphatic carbocycles. The maximum Gasteiger partial charge on any atom is 0.0809 e. The fourth-order valence-electron chi connectivity index (χ4n) is 2.40. The quantitative estimate of drug-likeness (QED) is 0.853. The van der Waals surface area contributed by atoms with Crippen molar-refractivity contribution in [2.45, 2.75) is 39.8 Å². The molecule has 3 nitrogen and oxygen atoms in total. The predicted molar refractivity (Wildman–Crippen MR) is 81.4 cm³/mol. The molecule has 2 aromatic heterocycles. The van der Waals surface area contributed by atoms with E-state index in [1.165, 1.54) is 10.3 Å². The molecule has 0 aromatic carbocycles. The molecule has 0 radical (unpaired) electrons. The number of pyridine rings is 1. The van der Waals surface area contributed by atoms with Gasteiger partial charge in [-0.25, -0.2) is 0 Å². The Morgan fingerprint density at radius 3 is 3.00 bits per heavy atom. The van der Waals surface area contributed by atoms with Crippen LogP contribution in [0.5, 0.6) is 0 Å². The van der Waals surface area contributed by atoms with E-state index in [0.29, 0.717) is 0 Å². The third kappa shape index (κ3) is 4.27. The first-order chi connectivity index (χ1) is 8.96. The standard InChI is InChI=1S/C15H22N2OS/c1-11(18)7-15(2,3)10-16-8-12-6-14-13(17-9-12)4-5-19-14/h4-6,9,11,16,18H,7-8,10H2,1-3H3. The van der Waals surface area contributed by atoms with Crippen molar-refractivity contribution in [2.75, 3.05) is 6.54 Å². The molecule has 0 spiro atoms. The van der Waals surface area contributed by atoms with E-state index in [4.69, 9.17) is 0 Å². The van der Waals surface area contributed by atoms with Crippen LogP contribution in [-0.4, -0.2) is 22.7 Å². The van der Waals surface area contributed by atoms with Crippen LogP contribution >= 0.6 is 11.3 Å². The van der Waals surface area contributed by atoms with E-state index in [1.807, 2.05) is 19.2 Å². The van der Waals surface area contributed by atoms with Crippen molar-refractivity contribution < 1.29 is 5.11 Å². The van der Waals surface area contributed by atoms with Crippen LogP contribution in [0.1, 0.15) is 32.8 Å². The van der Waals surface area contributed by atoms with Crippen LogP contribution < -0.4 is 5.32 Å². The van der Waals surface area contributed by atoms with Gasteiger partial charge in [0.15, 0.2) is 0 Å². The lowest BCUT2D eigenvalue weighted by molar-refractivity contribution is 0.128. The Hall–Kier alpha value is -0.970. The van der Waals surface area contributed by atoms with Crippen LogP contribution in [0, 0.1) is 5.41 Å². The second kappa shape index (κ2) is 5.99. The minimum atomic E-state index is -0.249. The van der Waals surface area contributed by atoms with Gasteiger partial charge in [-0.05, 0) is 41.8 Å². The molecule has 2 heterocycles. The minimum absolute atomic E-state index is 0.106. The van der Waals surface area contributed by atoms with Gasteiger partial charge in [-0.15, -0.1) is 11.3 Å². The van der Waals surface area contributed by atoms with Crippen molar-refractivity contribution in [1.29, 1.82) is 0 Å². The van der Waals surface area contributed by atoms with Crippen molar-refractivity contribution in [1.82, 2.24) is 10.3 Å². The second-order valence-electron chi connectivity index (χ2n) is 5.97. The lowest BCUT2D eigenvalue weighted by atomic mass is 9.87. The first-order valence-corrected chi connectivity index (χ1v) is 7.55. The van der Waals surface area contributed by atoms with Crippen molar-refractivity contribution in [3.05, 3.63) is 29.3 Å². The molecule has 104 valence electrons. The highest BCUT2D eigenvalue weighted by Crippen LogP contribution is 2.22. The van der Waals surface area contributed by atoms with Crippen LogP contribution in [0.2, 0.25) is 0 Å². The largest absolute Gasteiger partial charge is 0.393 e. The van der Waals surface area contributed by atoms with Crippen LogP contribution in [0.15, 0.2) is 23.7 Å². The molecule has 0 saturated carbocycles. The summed E-state index contributed by atoms with van der Waals surface area (Å²) < 4.78 is 1.24. The van der Waals surface area contributed by atoms with E-state index in [2.05, 4.69) is 35.6 Å². The second-order valence-corrected chi connectivity index (χ2v) is 6.92. The van der Waals surface area contributed by atoms with Crippen molar-refractivity contribution in [3.63, 3.8) is 0 Å². The van der Waals surface area contributed by atoms with Crippen molar-refractivity contribution in [2.24, 2.45) is 5.41 Å². The molecule has 0 amide bonds. The lowest BCUT2D eigenvalue weighted by Crippen LogP contribution is -2.31. The average molecular weight is 278 g/mol. The van der Waals surface area contributed by atoms with E-state index >= 15 is 0 Å². The molecule has 1 atom stereocenters. The number of hydrogen-bond acceptors (Lipinski definition) is 4. The van der Waals surface area contributed by atoms with Gasteiger partial charge in [0, 0.05) is 19.3 Å². The van der Waals surface area contributed by atoms with Gasteiger partial charge in [-0.3, -0.25) is 4.98 Å². The van der Waals surface area contributed by atoms with Crippen LogP contribution in [0.4, 0.5) is 0 Å². The molecule has 1 unspecified atom stereocenters. The Morgan fingerprint density at radius 1 is 1.47 bits per heavy atom. The molecular weight excluding hydrogens is 256 g/mol. The van der Waals surface area contributed by atoms with Gasteiger partial charge in [0.1, 0.15) is 0 Å². The first-order valence-electron chi connectivity index (χ1n) is 6.67. The van der Waals surface area contributed by atoms with Gasteiger partial charge >= 0.3 is 0 Å². The van der Waals surface area contributed by atoms with E-state index < -0.39 is 0 Å². The molecule has 0 bridgehead atoms. The topological polar surface area (TPSA) is 45.1 Å². The third-order valence-electron chi connectivity index (χ3n) is 3.14. The monoisotopic (exact) mass is 278 g/mol. The minimum Gasteiger partial charge on any atom is -0.393 e. The summed E-state index contributed by atoms with van der Waals surface area (Å²) in [6.45, 7) is 7.90. The zero-order chi connectivity index (χ0) is 13.9. The Kier molecular flexibility index (Phi) is 4.55. The summed E-state index contributed by atoms with van der Waals surface area (Å²) in [6, 6.07) is 4.24. The summed E-state index contributed by atoms with van der Waals surface area (Å²) in [4.78, 5) is 4.44. The summed E-state index contributed by atoms with van der Waals surface area (Å²) in [7, 11) is 0. The maximum atomic E-state index is 9.46. The van der Waals surface area contributed by atoms with Gasteiger partial charge in [-0.2, -0.15) is 0 Å². The highest BCUT2D eigenvalue weighted by Gasteiger charge is 2.19. The SMILES string of the molecule is CC(O)CC(C)(C)CNCc1cnc2ccsc2c1. The van der Waals surface area contributed by atoms with E-state index in [0.717, 1.165) is 25.0 Å². The number of aliphatic hydroxyl groups is 1. The predicted octanol–water partition coefficient (Wildman–Crippen LogP) is 3.18. The molecule has 19 heavy (non-hydrogen) atoms. The zero-order valence-electron chi connectivity index (χ0n) is 11.8. The first kappa shape index (κ1) is 14.4. The molecule has 0 aliphatic heterocycles. The van der Waals surface area contributed by atoms with E-state index in [1.54, 1.807) is 11.3 Å². The Bertz CT molecular complexity index is 534. The molecule has 4 heteroatoms. The number of aromatic nitrogens is 1. The van der Waals surface area contributed by atoms with Crippen molar-refractivity contribution in [3.8, 4) is 0 Å². The fraction of sp³-hybridized carbons (Fsp3) is 0.533. The molecule has 2 aromatic rings. The smallest absolute Gasteiger partial charge is 0.0809 e. The van der Waals surface area contributed by atoms with Gasteiger partial charge in [0.2, 0.25) is 0 Å². The summed E-state index contributed by atoms with van der Waals surface area (Å²) in [6.07, 6.45) is 2.49. The molecular formula is C15H22N2OS. The van der Waals surface area contributed by atoms with Gasteiger partial charge in [0.25, 0.3) is 0 Å². The zero-order valence-corrected chi connectivity index (χ0v) is 12.6. The van der Waals surface area contributed by atoms with Crippen LogP contribution in [0.3, 0.4) is 0 Å². The fourth-order valence-corrected chi connectivity index (χ4v) is 3.21. The number of thiophene rings is 1. The average Bonchev–Trinajstić information content (AvgIpc) is 2.74. The number of hydrogen-bond donors (Lipinski definition) is 2. The Balaban J connectivity index is 1.88. The Labute approximate surface area is 118 Å². The number of nitrogens with one attached hydrogen (secondary N) is 1. The molecule has 0 fully saturated rings. The van der Waals surface area contributed by atoms with E-state index in [-0.39, 0.29) is 11.5 Å². The summed E-state index contributed by atoms with van der Waals surface area (Å²) >= 11 is 1.73. The normalized spacial score (nSPS) is 13.9.